The van der Waals surface area contributed by atoms with Gasteiger partial charge in [0.1, 0.15) is 4.83 Å². The normalized spacial score (nSPS) is 15.8. The number of fused-ring (bicyclic) bond motifs is 3. The van der Waals surface area contributed by atoms with Gasteiger partial charge in [-0.05, 0) is 49.8 Å². The maximum absolute atomic E-state index is 13.4. The molecule has 1 saturated heterocycles. The summed E-state index contributed by atoms with van der Waals surface area (Å²) in [7, 11) is 0. The summed E-state index contributed by atoms with van der Waals surface area (Å²) in [5.41, 5.74) is 2.45. The fourth-order valence-corrected chi connectivity index (χ4v) is 6.81. The number of anilines is 1. The van der Waals surface area contributed by atoms with E-state index in [-0.39, 0.29) is 23.0 Å². The van der Waals surface area contributed by atoms with Crippen LogP contribution in [0.4, 0.5) is 5.69 Å². The first-order chi connectivity index (χ1) is 16.1. The average molecular weight is 480 g/mol. The highest BCUT2D eigenvalue weighted by atomic mass is 32.2. The van der Waals surface area contributed by atoms with Crippen LogP contribution in [0.2, 0.25) is 0 Å². The van der Waals surface area contributed by atoms with E-state index in [9.17, 15) is 14.4 Å². The molecule has 0 saturated carbocycles. The molecule has 0 unspecified atom stereocenters. The third kappa shape index (κ3) is 4.17. The minimum atomic E-state index is -0.0570. The first kappa shape index (κ1) is 22.1. The number of carbonyl (C=O) groups is 2. The molecule has 2 aromatic heterocycles. The van der Waals surface area contributed by atoms with E-state index in [0.717, 1.165) is 53.6 Å². The van der Waals surface area contributed by atoms with Gasteiger partial charge in [-0.2, -0.15) is 0 Å². The molecule has 0 bridgehead atoms. The van der Waals surface area contributed by atoms with E-state index >= 15 is 0 Å². The maximum Gasteiger partial charge on any atom is 0.263 e. The van der Waals surface area contributed by atoms with Crippen LogP contribution in [0.1, 0.15) is 46.5 Å². The number of ketones is 1. The smallest absolute Gasteiger partial charge is 0.263 e. The van der Waals surface area contributed by atoms with Gasteiger partial charge in [0.15, 0.2) is 10.9 Å². The Labute approximate surface area is 200 Å². The van der Waals surface area contributed by atoms with Crippen LogP contribution in [-0.2, 0) is 24.2 Å². The lowest BCUT2D eigenvalue weighted by molar-refractivity contribution is -0.117. The van der Waals surface area contributed by atoms with Crippen molar-refractivity contribution in [1.29, 1.82) is 0 Å². The summed E-state index contributed by atoms with van der Waals surface area (Å²) in [6.07, 6.45) is 7.28. The number of thiophene rings is 1. The van der Waals surface area contributed by atoms with Crippen molar-refractivity contribution in [3.05, 3.63) is 63.3 Å². The monoisotopic (exact) mass is 479 g/mol. The van der Waals surface area contributed by atoms with Crippen LogP contribution in [0.25, 0.3) is 10.2 Å². The fraction of sp³-hybridized carbons (Fsp3) is 0.360. The molecule has 1 aliphatic heterocycles. The summed E-state index contributed by atoms with van der Waals surface area (Å²) in [6.45, 7) is 4.84. The highest BCUT2D eigenvalue weighted by Gasteiger charge is 2.24. The molecule has 8 heteroatoms. The predicted molar refractivity (Wildman–Crippen MR) is 134 cm³/mol. The Morgan fingerprint density at radius 1 is 1.18 bits per heavy atom. The quantitative estimate of drug-likeness (QED) is 0.214. The van der Waals surface area contributed by atoms with E-state index in [4.69, 9.17) is 4.98 Å². The van der Waals surface area contributed by atoms with Gasteiger partial charge < -0.3 is 4.90 Å². The lowest BCUT2D eigenvalue weighted by atomic mass is 9.97. The highest BCUT2D eigenvalue weighted by molar-refractivity contribution is 7.99. The number of benzene rings is 1. The summed E-state index contributed by atoms with van der Waals surface area (Å²) in [5, 5.41) is 1.29. The van der Waals surface area contributed by atoms with Crippen LogP contribution in [0.3, 0.4) is 0 Å². The zero-order valence-corrected chi connectivity index (χ0v) is 20.0. The zero-order chi connectivity index (χ0) is 22.9. The van der Waals surface area contributed by atoms with E-state index in [0.29, 0.717) is 30.2 Å². The third-order valence-corrected chi connectivity index (χ3v) is 8.40. The molecule has 1 aliphatic carbocycles. The molecule has 170 valence electrons. The summed E-state index contributed by atoms with van der Waals surface area (Å²) in [6, 6.07) is 7.23. The van der Waals surface area contributed by atoms with Crippen LogP contribution in [-0.4, -0.2) is 33.5 Å². The standard InChI is InChI=1S/C25H25N3O3S2/c1-2-12-28-24(31)22-18-9-3-4-10-20(18)33-23(22)26-25(28)32-15-19(29)16-7-5-8-17(14-16)27-13-6-11-21(27)30/h2,5,7-8,14H,1,3-4,6,9-13,15H2. The Balaban J connectivity index is 1.42. The summed E-state index contributed by atoms with van der Waals surface area (Å²) in [4.78, 5) is 47.0. The van der Waals surface area contributed by atoms with E-state index in [1.54, 1.807) is 39.0 Å². The molecule has 1 amide bonds. The van der Waals surface area contributed by atoms with Crippen molar-refractivity contribution in [2.24, 2.45) is 0 Å². The number of Topliss-reactive ketones (excluding diaryl/α,β-unsaturated/α-hetero) is 1. The Hall–Kier alpha value is -2.71. The van der Waals surface area contributed by atoms with Crippen LogP contribution in [0, 0.1) is 0 Å². The number of carbonyl (C=O) groups excluding carboxylic acids is 2. The van der Waals surface area contributed by atoms with Crippen molar-refractivity contribution in [2.75, 3.05) is 17.2 Å². The number of hydrogen-bond acceptors (Lipinski definition) is 6. The molecule has 33 heavy (non-hydrogen) atoms. The molecule has 2 aliphatic rings. The highest BCUT2D eigenvalue weighted by Crippen LogP contribution is 2.35. The van der Waals surface area contributed by atoms with Crippen LogP contribution in [0.15, 0.2) is 46.9 Å². The van der Waals surface area contributed by atoms with Crippen LogP contribution >= 0.6 is 23.1 Å². The molecule has 0 N–H and O–H groups in total. The number of hydrogen-bond donors (Lipinski definition) is 0. The van der Waals surface area contributed by atoms with Crippen LogP contribution in [0.5, 0.6) is 0 Å². The van der Waals surface area contributed by atoms with Crippen molar-refractivity contribution < 1.29 is 9.59 Å². The van der Waals surface area contributed by atoms with E-state index in [1.807, 2.05) is 12.1 Å². The second-order valence-electron chi connectivity index (χ2n) is 8.40. The van der Waals surface area contributed by atoms with Crippen molar-refractivity contribution in [3.8, 4) is 0 Å². The minimum absolute atomic E-state index is 0.0382. The second kappa shape index (κ2) is 9.27. The van der Waals surface area contributed by atoms with Gasteiger partial charge in [-0.1, -0.05) is 30.0 Å². The summed E-state index contributed by atoms with van der Waals surface area (Å²) < 4.78 is 1.63. The predicted octanol–water partition coefficient (Wildman–Crippen LogP) is 4.62. The van der Waals surface area contributed by atoms with Gasteiger partial charge >= 0.3 is 0 Å². The van der Waals surface area contributed by atoms with E-state index in [1.165, 1.54) is 16.6 Å². The Bertz CT molecular complexity index is 1320. The summed E-state index contributed by atoms with van der Waals surface area (Å²) >= 11 is 2.90. The zero-order valence-electron chi connectivity index (χ0n) is 18.3. The van der Waals surface area contributed by atoms with Gasteiger partial charge in [-0.15, -0.1) is 17.9 Å². The van der Waals surface area contributed by atoms with Gasteiger partial charge in [0.2, 0.25) is 5.91 Å². The summed E-state index contributed by atoms with van der Waals surface area (Å²) in [5.74, 6) is 0.203. The number of amides is 1. The van der Waals surface area contributed by atoms with Crippen LogP contribution < -0.4 is 10.5 Å². The SMILES string of the molecule is C=CCn1c(SCC(=O)c2cccc(N3CCCC3=O)c2)nc2sc3c(c2c1=O)CCCC3. The largest absolute Gasteiger partial charge is 0.312 e. The molecule has 1 aromatic carbocycles. The maximum atomic E-state index is 13.4. The van der Waals surface area contributed by atoms with Gasteiger partial charge in [0, 0.05) is 35.6 Å². The molecule has 0 radical (unpaired) electrons. The second-order valence-corrected chi connectivity index (χ2v) is 10.4. The molecular weight excluding hydrogens is 454 g/mol. The minimum Gasteiger partial charge on any atom is -0.312 e. The molecular formula is C25H25N3O3S2. The first-order valence-corrected chi connectivity index (χ1v) is 13.1. The van der Waals surface area contributed by atoms with Gasteiger partial charge in [0.05, 0.1) is 11.1 Å². The van der Waals surface area contributed by atoms with Gasteiger partial charge in [-0.3, -0.25) is 19.0 Å². The number of allylic oxidation sites excluding steroid dienone is 1. The van der Waals surface area contributed by atoms with Crippen molar-refractivity contribution in [2.45, 2.75) is 50.2 Å². The van der Waals surface area contributed by atoms with Crippen molar-refractivity contribution in [3.63, 3.8) is 0 Å². The lowest BCUT2D eigenvalue weighted by Gasteiger charge is -2.16. The van der Waals surface area contributed by atoms with Gasteiger partial charge in [-0.25, -0.2) is 4.98 Å². The number of aryl methyl sites for hydroxylation is 2. The number of aromatic nitrogens is 2. The average Bonchev–Trinajstić information content (AvgIpc) is 3.42. The third-order valence-electron chi connectivity index (χ3n) is 6.24. The van der Waals surface area contributed by atoms with Crippen molar-refractivity contribution in [1.82, 2.24) is 9.55 Å². The molecule has 3 heterocycles. The molecule has 5 rings (SSSR count). The lowest BCUT2D eigenvalue weighted by Crippen LogP contribution is -2.24. The van der Waals surface area contributed by atoms with E-state index in [2.05, 4.69) is 6.58 Å². The Kier molecular flexibility index (Phi) is 6.21. The first-order valence-electron chi connectivity index (χ1n) is 11.3. The number of rotatable bonds is 7. The topological polar surface area (TPSA) is 72.3 Å². The number of thioether (sulfide) groups is 1. The van der Waals surface area contributed by atoms with E-state index < -0.39 is 0 Å². The molecule has 3 aromatic rings. The Morgan fingerprint density at radius 2 is 2.03 bits per heavy atom. The molecule has 0 spiro atoms. The molecule has 1 fully saturated rings. The van der Waals surface area contributed by atoms with Gasteiger partial charge in [0.25, 0.3) is 5.56 Å². The fourth-order valence-electron chi connectivity index (χ4n) is 4.60. The molecule has 6 nitrogen and oxygen atoms in total. The molecule has 0 atom stereocenters. The number of nitrogens with zero attached hydrogens (tertiary/aromatic N) is 3. The Morgan fingerprint density at radius 3 is 2.82 bits per heavy atom. The van der Waals surface area contributed by atoms with Crippen molar-refractivity contribution >= 4 is 50.7 Å².